The number of aromatic nitrogens is 2. The SMILES string of the molecule is CCc1nsc(N2CCN(c3ccc(S(N)(=O)=O)cc3)CC2)n1. The topological polar surface area (TPSA) is 92.4 Å². The molecule has 1 aromatic heterocycles. The molecule has 7 nitrogen and oxygen atoms in total. The molecule has 1 aliphatic heterocycles. The van der Waals surface area contributed by atoms with E-state index in [0.29, 0.717) is 0 Å². The highest BCUT2D eigenvalue weighted by atomic mass is 32.2. The Bertz CT molecular complexity index is 765. The van der Waals surface area contributed by atoms with Crippen molar-refractivity contribution in [1.29, 1.82) is 0 Å². The lowest BCUT2D eigenvalue weighted by Crippen LogP contribution is -2.46. The standard InChI is InChI=1S/C14H19N5O2S2/c1-2-13-16-14(22-17-13)19-9-7-18(8-10-19)11-3-5-12(6-4-11)23(15,20)21/h3-6H,2,7-10H2,1H3,(H2,15,20,21). The highest BCUT2D eigenvalue weighted by Crippen LogP contribution is 2.23. The lowest BCUT2D eigenvalue weighted by atomic mass is 10.2. The molecule has 0 bridgehead atoms. The summed E-state index contributed by atoms with van der Waals surface area (Å²) in [7, 11) is -3.64. The van der Waals surface area contributed by atoms with Gasteiger partial charge in [0.05, 0.1) is 4.90 Å². The number of sulfonamides is 1. The largest absolute Gasteiger partial charge is 0.368 e. The van der Waals surface area contributed by atoms with Crippen molar-refractivity contribution >= 4 is 32.4 Å². The summed E-state index contributed by atoms with van der Waals surface area (Å²) in [6.45, 7) is 5.51. The van der Waals surface area contributed by atoms with Crippen LogP contribution in [0.5, 0.6) is 0 Å². The summed E-state index contributed by atoms with van der Waals surface area (Å²) in [5.74, 6) is 0.894. The zero-order valence-corrected chi connectivity index (χ0v) is 14.5. The second kappa shape index (κ2) is 6.42. The van der Waals surface area contributed by atoms with Gasteiger partial charge in [-0.2, -0.15) is 4.37 Å². The van der Waals surface area contributed by atoms with Gasteiger partial charge in [-0.15, -0.1) is 0 Å². The normalized spacial score (nSPS) is 15.9. The third-order valence-corrected chi connectivity index (χ3v) is 5.60. The molecule has 2 N–H and O–H groups in total. The minimum atomic E-state index is -3.64. The van der Waals surface area contributed by atoms with Gasteiger partial charge < -0.3 is 9.80 Å². The molecule has 1 saturated heterocycles. The first-order chi connectivity index (χ1) is 11.0. The van der Waals surface area contributed by atoms with Crippen molar-refractivity contribution in [3.63, 3.8) is 0 Å². The lowest BCUT2D eigenvalue weighted by molar-refractivity contribution is 0.597. The number of hydrogen-bond donors (Lipinski definition) is 1. The maximum absolute atomic E-state index is 11.3. The minimum Gasteiger partial charge on any atom is -0.368 e. The monoisotopic (exact) mass is 353 g/mol. The molecule has 0 radical (unpaired) electrons. The summed E-state index contributed by atoms with van der Waals surface area (Å²) in [6, 6.07) is 6.70. The summed E-state index contributed by atoms with van der Waals surface area (Å²) in [6.07, 6.45) is 0.854. The molecule has 2 aromatic rings. The van der Waals surface area contributed by atoms with Crippen LogP contribution in [0.4, 0.5) is 10.8 Å². The van der Waals surface area contributed by atoms with E-state index in [9.17, 15) is 8.42 Å². The molecular weight excluding hydrogens is 334 g/mol. The van der Waals surface area contributed by atoms with Gasteiger partial charge in [0.1, 0.15) is 5.82 Å². The third-order valence-electron chi connectivity index (χ3n) is 3.85. The Balaban J connectivity index is 1.64. The van der Waals surface area contributed by atoms with E-state index in [1.54, 1.807) is 24.3 Å². The Kier molecular flexibility index (Phi) is 4.51. The van der Waals surface area contributed by atoms with Crippen LogP contribution in [0.3, 0.4) is 0 Å². The fraction of sp³-hybridized carbons (Fsp3) is 0.429. The van der Waals surface area contributed by atoms with Gasteiger partial charge in [-0.3, -0.25) is 0 Å². The van der Waals surface area contributed by atoms with Crippen LogP contribution in [-0.4, -0.2) is 44.0 Å². The van der Waals surface area contributed by atoms with Crippen LogP contribution < -0.4 is 14.9 Å². The predicted octanol–water partition coefficient (Wildman–Crippen LogP) is 1.07. The van der Waals surface area contributed by atoms with E-state index in [1.807, 2.05) is 0 Å². The first-order valence-corrected chi connectivity index (χ1v) is 9.74. The van der Waals surface area contributed by atoms with Gasteiger partial charge in [-0.25, -0.2) is 18.5 Å². The number of primary sulfonamides is 1. The summed E-state index contributed by atoms with van der Waals surface area (Å²) in [5.41, 5.74) is 1.00. The molecule has 0 spiro atoms. The van der Waals surface area contributed by atoms with Crippen LogP contribution in [0.1, 0.15) is 12.7 Å². The van der Waals surface area contributed by atoms with Gasteiger partial charge in [-0.1, -0.05) is 6.92 Å². The fourth-order valence-corrected chi connectivity index (χ4v) is 3.84. The van der Waals surface area contributed by atoms with Gasteiger partial charge in [0.15, 0.2) is 0 Å². The number of nitrogens with two attached hydrogens (primary N) is 1. The molecule has 1 aromatic carbocycles. The number of aryl methyl sites for hydroxylation is 1. The molecule has 9 heteroatoms. The highest BCUT2D eigenvalue weighted by Gasteiger charge is 2.20. The van der Waals surface area contributed by atoms with Crippen molar-refractivity contribution < 1.29 is 8.42 Å². The second-order valence-electron chi connectivity index (χ2n) is 5.36. The molecule has 23 heavy (non-hydrogen) atoms. The van der Waals surface area contributed by atoms with Gasteiger partial charge >= 0.3 is 0 Å². The Morgan fingerprint density at radius 1 is 1.13 bits per heavy atom. The number of benzene rings is 1. The second-order valence-corrected chi connectivity index (χ2v) is 7.65. The molecule has 0 unspecified atom stereocenters. The summed E-state index contributed by atoms with van der Waals surface area (Å²) >= 11 is 1.45. The quantitative estimate of drug-likeness (QED) is 0.884. The van der Waals surface area contributed by atoms with Crippen LogP contribution >= 0.6 is 11.5 Å². The molecule has 0 atom stereocenters. The van der Waals surface area contributed by atoms with Crippen molar-refractivity contribution in [2.75, 3.05) is 36.0 Å². The van der Waals surface area contributed by atoms with E-state index in [2.05, 4.69) is 26.1 Å². The van der Waals surface area contributed by atoms with Gasteiger partial charge in [0.2, 0.25) is 15.2 Å². The molecule has 0 aliphatic carbocycles. The Labute approximate surface area is 140 Å². The average molecular weight is 353 g/mol. The van der Waals surface area contributed by atoms with Gasteiger partial charge in [0.25, 0.3) is 0 Å². The lowest BCUT2D eigenvalue weighted by Gasteiger charge is -2.35. The van der Waals surface area contributed by atoms with Crippen LogP contribution in [-0.2, 0) is 16.4 Å². The fourth-order valence-electron chi connectivity index (χ4n) is 2.52. The number of nitrogens with zero attached hydrogens (tertiary/aromatic N) is 4. The van der Waals surface area contributed by atoms with E-state index in [-0.39, 0.29) is 4.90 Å². The first kappa shape index (κ1) is 16.2. The molecule has 0 amide bonds. The molecule has 0 saturated carbocycles. The zero-order chi connectivity index (χ0) is 16.4. The van der Waals surface area contributed by atoms with Crippen LogP contribution in [0.2, 0.25) is 0 Å². The third kappa shape index (κ3) is 3.62. The zero-order valence-electron chi connectivity index (χ0n) is 12.8. The van der Waals surface area contributed by atoms with Crippen molar-refractivity contribution in [1.82, 2.24) is 9.36 Å². The summed E-state index contributed by atoms with van der Waals surface area (Å²) in [4.78, 5) is 9.13. The van der Waals surface area contributed by atoms with E-state index < -0.39 is 10.0 Å². The van der Waals surface area contributed by atoms with Crippen molar-refractivity contribution in [2.45, 2.75) is 18.2 Å². The van der Waals surface area contributed by atoms with Crippen molar-refractivity contribution in [3.8, 4) is 0 Å². The van der Waals surface area contributed by atoms with E-state index in [0.717, 1.165) is 49.2 Å². The molecule has 1 fully saturated rings. The highest BCUT2D eigenvalue weighted by molar-refractivity contribution is 7.89. The number of piperazine rings is 1. The molecule has 124 valence electrons. The number of rotatable bonds is 4. The predicted molar refractivity (Wildman–Crippen MR) is 91.5 cm³/mol. The maximum Gasteiger partial charge on any atom is 0.238 e. The van der Waals surface area contributed by atoms with E-state index >= 15 is 0 Å². The summed E-state index contributed by atoms with van der Waals surface area (Å²) in [5, 5.41) is 6.10. The summed E-state index contributed by atoms with van der Waals surface area (Å²) < 4.78 is 26.9. The number of anilines is 2. The maximum atomic E-state index is 11.3. The van der Waals surface area contributed by atoms with Gasteiger partial charge in [-0.05, 0) is 24.3 Å². The van der Waals surface area contributed by atoms with Crippen molar-refractivity contribution in [3.05, 3.63) is 30.1 Å². The van der Waals surface area contributed by atoms with E-state index in [1.165, 1.54) is 11.5 Å². The molecule has 1 aliphatic rings. The Hall–Kier alpha value is -1.71. The van der Waals surface area contributed by atoms with Crippen molar-refractivity contribution in [2.24, 2.45) is 5.14 Å². The molecular formula is C14H19N5O2S2. The number of hydrogen-bond acceptors (Lipinski definition) is 7. The van der Waals surface area contributed by atoms with Crippen LogP contribution in [0.25, 0.3) is 0 Å². The Morgan fingerprint density at radius 2 is 1.74 bits per heavy atom. The van der Waals surface area contributed by atoms with E-state index in [4.69, 9.17) is 5.14 Å². The first-order valence-electron chi connectivity index (χ1n) is 7.42. The van der Waals surface area contributed by atoms with Crippen LogP contribution in [0, 0.1) is 0 Å². The molecule has 3 rings (SSSR count). The van der Waals surface area contributed by atoms with Crippen LogP contribution in [0.15, 0.2) is 29.2 Å². The smallest absolute Gasteiger partial charge is 0.238 e. The van der Waals surface area contributed by atoms with Gasteiger partial charge in [0, 0.05) is 49.8 Å². The minimum absolute atomic E-state index is 0.140. The Morgan fingerprint density at radius 3 is 2.26 bits per heavy atom. The molecule has 2 heterocycles. The average Bonchev–Trinajstić information content (AvgIpc) is 3.03.